The summed E-state index contributed by atoms with van der Waals surface area (Å²) in [5.74, 6) is -1.17. The fourth-order valence-electron chi connectivity index (χ4n) is 4.56. The number of hydroxylamine groups is 1. The molecule has 162 valence electrons. The summed E-state index contributed by atoms with van der Waals surface area (Å²) in [4.78, 5) is 34.3. The minimum absolute atomic E-state index is 0.0234. The van der Waals surface area contributed by atoms with Crippen molar-refractivity contribution < 1.29 is 14.4 Å². The zero-order chi connectivity index (χ0) is 22.5. The third-order valence-electron chi connectivity index (χ3n) is 6.26. The van der Waals surface area contributed by atoms with E-state index in [9.17, 15) is 9.59 Å². The van der Waals surface area contributed by atoms with Crippen LogP contribution in [0.1, 0.15) is 37.9 Å². The predicted molar refractivity (Wildman–Crippen MR) is 124 cm³/mol. The lowest BCUT2D eigenvalue weighted by molar-refractivity contribution is -0.126. The number of hydrogen-bond acceptors (Lipinski definition) is 4. The van der Waals surface area contributed by atoms with Gasteiger partial charge in [-0.3, -0.25) is 14.4 Å². The van der Waals surface area contributed by atoms with E-state index in [0.29, 0.717) is 5.69 Å². The van der Waals surface area contributed by atoms with Crippen molar-refractivity contribution in [1.29, 1.82) is 0 Å². The van der Waals surface area contributed by atoms with Crippen molar-refractivity contribution in [2.24, 2.45) is 5.92 Å². The van der Waals surface area contributed by atoms with E-state index in [1.54, 1.807) is 17.2 Å². The molecule has 3 unspecified atom stereocenters. The molecule has 5 heteroatoms. The molecule has 5 nitrogen and oxygen atoms in total. The zero-order valence-corrected chi connectivity index (χ0v) is 18.4. The number of fused-ring (bicyclic) bond motifs is 1. The third kappa shape index (κ3) is 3.30. The molecule has 0 N–H and O–H groups in total. The standard InChI is InChI=1S/C27H26N2O3/c1-27(2,3)19-16-14-18(15-17-19)23-22-24(32-29(23)21-12-8-5-9-13-21)26(31)28(25(22)30)20-10-6-4-7-11-20/h4-17,22-24H,1-3H3. The Labute approximate surface area is 188 Å². The van der Waals surface area contributed by atoms with Crippen molar-refractivity contribution in [2.75, 3.05) is 9.96 Å². The van der Waals surface area contributed by atoms with Gasteiger partial charge in [-0.1, -0.05) is 81.4 Å². The molecule has 0 aromatic heterocycles. The van der Waals surface area contributed by atoms with Crippen LogP contribution >= 0.6 is 0 Å². The summed E-state index contributed by atoms with van der Waals surface area (Å²) in [5, 5.41) is 1.74. The summed E-state index contributed by atoms with van der Waals surface area (Å²) in [7, 11) is 0. The van der Waals surface area contributed by atoms with Gasteiger partial charge in [0.05, 0.1) is 17.4 Å². The van der Waals surface area contributed by atoms with Crippen molar-refractivity contribution in [2.45, 2.75) is 38.3 Å². The number of nitrogens with zero attached hydrogens (tertiary/aromatic N) is 2. The van der Waals surface area contributed by atoms with Gasteiger partial charge in [0.2, 0.25) is 5.91 Å². The molecule has 0 saturated carbocycles. The summed E-state index contributed by atoms with van der Waals surface area (Å²) in [6.45, 7) is 6.51. The van der Waals surface area contributed by atoms with Crippen molar-refractivity contribution >= 4 is 23.2 Å². The minimum atomic E-state index is -0.852. The maximum absolute atomic E-state index is 13.6. The first-order chi connectivity index (χ1) is 15.4. The van der Waals surface area contributed by atoms with Crippen molar-refractivity contribution in [3.8, 4) is 0 Å². The van der Waals surface area contributed by atoms with Crippen LogP contribution in [0.5, 0.6) is 0 Å². The van der Waals surface area contributed by atoms with Gasteiger partial charge in [0.1, 0.15) is 5.92 Å². The fourth-order valence-corrected chi connectivity index (χ4v) is 4.56. The monoisotopic (exact) mass is 426 g/mol. The molecule has 3 aromatic carbocycles. The second kappa shape index (κ2) is 7.61. The summed E-state index contributed by atoms with van der Waals surface area (Å²) >= 11 is 0. The quantitative estimate of drug-likeness (QED) is 0.551. The van der Waals surface area contributed by atoms with E-state index in [1.165, 1.54) is 10.5 Å². The van der Waals surface area contributed by atoms with Gasteiger partial charge in [-0.25, -0.2) is 9.96 Å². The van der Waals surface area contributed by atoms with E-state index < -0.39 is 18.1 Å². The highest BCUT2D eigenvalue weighted by Crippen LogP contribution is 2.47. The van der Waals surface area contributed by atoms with Gasteiger partial charge in [0, 0.05) is 0 Å². The van der Waals surface area contributed by atoms with Gasteiger partial charge < -0.3 is 0 Å². The first kappa shape index (κ1) is 20.5. The smallest absolute Gasteiger partial charge is 0.266 e. The number of amides is 2. The van der Waals surface area contributed by atoms with Crippen LogP contribution in [0.15, 0.2) is 84.9 Å². The van der Waals surface area contributed by atoms with Crippen LogP contribution in [0.3, 0.4) is 0 Å². The lowest BCUT2D eigenvalue weighted by atomic mass is 9.84. The molecule has 0 spiro atoms. The molecule has 0 aliphatic carbocycles. The van der Waals surface area contributed by atoms with Gasteiger partial charge in [-0.15, -0.1) is 0 Å². The third-order valence-corrected chi connectivity index (χ3v) is 6.26. The topological polar surface area (TPSA) is 49.9 Å². The predicted octanol–water partition coefficient (Wildman–Crippen LogP) is 5.04. The van der Waals surface area contributed by atoms with Crippen LogP contribution in [0.2, 0.25) is 0 Å². The second-order valence-corrected chi connectivity index (χ2v) is 9.38. The molecule has 2 aliphatic rings. The van der Waals surface area contributed by atoms with Crippen LogP contribution < -0.4 is 9.96 Å². The van der Waals surface area contributed by atoms with Crippen LogP contribution in [0.25, 0.3) is 0 Å². The average molecular weight is 427 g/mol. The molecule has 5 rings (SSSR count). The average Bonchev–Trinajstić information content (AvgIpc) is 3.30. The summed E-state index contributed by atoms with van der Waals surface area (Å²) in [6.07, 6.45) is -0.852. The van der Waals surface area contributed by atoms with Gasteiger partial charge in [-0.05, 0) is 40.8 Å². The zero-order valence-electron chi connectivity index (χ0n) is 18.4. The summed E-state index contributed by atoms with van der Waals surface area (Å²) in [6, 6.07) is 26.6. The fraction of sp³-hybridized carbons (Fsp3) is 0.259. The Hall–Kier alpha value is -3.44. The molecule has 2 fully saturated rings. The molecular weight excluding hydrogens is 400 g/mol. The Morgan fingerprint density at radius 1 is 0.719 bits per heavy atom. The van der Waals surface area contributed by atoms with E-state index in [1.807, 2.05) is 48.5 Å². The summed E-state index contributed by atoms with van der Waals surface area (Å²) < 4.78 is 0. The van der Waals surface area contributed by atoms with Crippen LogP contribution in [-0.4, -0.2) is 17.9 Å². The van der Waals surface area contributed by atoms with Crippen LogP contribution in [0, 0.1) is 5.92 Å². The maximum Gasteiger partial charge on any atom is 0.266 e. The van der Waals surface area contributed by atoms with Crippen molar-refractivity contribution in [3.63, 3.8) is 0 Å². The number of imide groups is 1. The number of hydrogen-bond donors (Lipinski definition) is 0. The SMILES string of the molecule is CC(C)(C)c1ccc(C2C3C(=O)N(c4ccccc4)C(=O)C3ON2c2ccccc2)cc1. The molecule has 2 amide bonds. The molecule has 3 aromatic rings. The minimum Gasteiger partial charge on any atom is -0.273 e. The molecule has 32 heavy (non-hydrogen) atoms. The Bertz CT molecular complexity index is 1140. The van der Waals surface area contributed by atoms with E-state index in [4.69, 9.17) is 4.84 Å². The van der Waals surface area contributed by atoms with E-state index in [2.05, 4.69) is 45.0 Å². The van der Waals surface area contributed by atoms with Gasteiger partial charge >= 0.3 is 0 Å². The number of benzene rings is 3. The Morgan fingerprint density at radius 2 is 1.28 bits per heavy atom. The maximum atomic E-state index is 13.6. The molecule has 0 bridgehead atoms. The molecule has 2 saturated heterocycles. The first-order valence-corrected chi connectivity index (χ1v) is 10.9. The molecule has 2 aliphatic heterocycles. The highest BCUT2D eigenvalue weighted by molar-refractivity contribution is 6.23. The first-order valence-electron chi connectivity index (χ1n) is 10.9. The highest BCUT2D eigenvalue weighted by atomic mass is 16.7. The van der Waals surface area contributed by atoms with Crippen molar-refractivity contribution in [1.82, 2.24) is 0 Å². The Balaban J connectivity index is 1.57. The van der Waals surface area contributed by atoms with Crippen LogP contribution in [-0.2, 0) is 19.8 Å². The largest absolute Gasteiger partial charge is 0.273 e. The van der Waals surface area contributed by atoms with Crippen molar-refractivity contribution in [3.05, 3.63) is 96.1 Å². The number of rotatable bonds is 3. The number of carbonyl (C=O) groups excluding carboxylic acids is 2. The van der Waals surface area contributed by atoms with Gasteiger partial charge in [0.25, 0.3) is 5.91 Å². The lowest BCUT2D eigenvalue weighted by Gasteiger charge is -2.29. The highest BCUT2D eigenvalue weighted by Gasteiger charge is 2.60. The Morgan fingerprint density at radius 3 is 1.84 bits per heavy atom. The van der Waals surface area contributed by atoms with E-state index in [-0.39, 0.29) is 17.2 Å². The summed E-state index contributed by atoms with van der Waals surface area (Å²) in [5.41, 5.74) is 3.58. The Kier molecular flexibility index (Phi) is 4.86. The number of para-hydroxylation sites is 2. The molecule has 0 radical (unpaired) electrons. The second-order valence-electron chi connectivity index (χ2n) is 9.38. The normalized spacial score (nSPS) is 23.0. The van der Waals surface area contributed by atoms with E-state index in [0.717, 1.165) is 11.3 Å². The lowest BCUT2D eigenvalue weighted by Crippen LogP contribution is -2.37. The van der Waals surface area contributed by atoms with Gasteiger partial charge in [0.15, 0.2) is 6.10 Å². The molecule has 3 atom stereocenters. The molecular formula is C27H26N2O3. The van der Waals surface area contributed by atoms with Crippen LogP contribution in [0.4, 0.5) is 11.4 Å². The molecule has 2 heterocycles. The van der Waals surface area contributed by atoms with Gasteiger partial charge in [-0.2, -0.15) is 0 Å². The van der Waals surface area contributed by atoms with E-state index >= 15 is 0 Å². The number of carbonyl (C=O) groups is 2. The number of anilines is 2.